The summed E-state index contributed by atoms with van der Waals surface area (Å²) in [5.41, 5.74) is 6.05. The number of halogens is 3. The Hall–Kier alpha value is -3.22. The van der Waals surface area contributed by atoms with Crippen molar-refractivity contribution in [3.05, 3.63) is 76.5 Å². The normalized spacial score (nSPS) is 10.7. The van der Waals surface area contributed by atoms with Crippen LogP contribution >= 0.6 is 0 Å². The summed E-state index contributed by atoms with van der Waals surface area (Å²) in [7, 11) is 1.40. The van der Waals surface area contributed by atoms with Crippen molar-refractivity contribution >= 4 is 5.69 Å². The summed E-state index contributed by atoms with van der Waals surface area (Å²) in [6, 6.07) is 8.46. The zero-order valence-corrected chi connectivity index (χ0v) is 13.1. The van der Waals surface area contributed by atoms with E-state index in [4.69, 9.17) is 10.5 Å². The van der Waals surface area contributed by atoms with E-state index in [1.165, 1.54) is 31.4 Å². The molecule has 0 saturated carbocycles. The second kappa shape index (κ2) is 6.35. The lowest BCUT2D eigenvalue weighted by Gasteiger charge is -2.13. The molecule has 25 heavy (non-hydrogen) atoms. The summed E-state index contributed by atoms with van der Waals surface area (Å²) < 4.78 is 47.2. The fraction of sp³-hybridized carbons (Fsp3) is 0.0556. The molecule has 1 aromatic heterocycles. The molecule has 0 radical (unpaired) electrons. The first-order valence-electron chi connectivity index (χ1n) is 7.24. The number of aromatic nitrogens is 1. The van der Waals surface area contributed by atoms with Crippen LogP contribution in [-0.2, 0) is 7.05 Å². The molecule has 0 spiro atoms. The van der Waals surface area contributed by atoms with Gasteiger partial charge in [-0.25, -0.2) is 13.2 Å². The fourth-order valence-electron chi connectivity index (χ4n) is 2.36. The highest BCUT2D eigenvalue weighted by atomic mass is 19.1. The molecule has 0 amide bonds. The maximum Gasteiger partial charge on any atom is 0.286 e. The summed E-state index contributed by atoms with van der Waals surface area (Å²) in [6.45, 7) is 0. The number of hydrogen-bond donors (Lipinski definition) is 1. The highest BCUT2D eigenvalue weighted by molar-refractivity contribution is 5.73. The van der Waals surface area contributed by atoms with Crippen molar-refractivity contribution in [2.75, 3.05) is 5.73 Å². The van der Waals surface area contributed by atoms with Crippen LogP contribution in [0.25, 0.3) is 11.1 Å². The number of nitrogens with zero attached hydrogens (tertiary/aromatic N) is 1. The molecule has 2 N–H and O–H groups in total. The van der Waals surface area contributed by atoms with Crippen LogP contribution in [0.15, 0.2) is 53.5 Å². The molecule has 0 aliphatic rings. The Morgan fingerprint density at radius 2 is 1.68 bits per heavy atom. The third-order valence-corrected chi connectivity index (χ3v) is 3.57. The van der Waals surface area contributed by atoms with Crippen molar-refractivity contribution in [1.82, 2.24) is 4.57 Å². The molecule has 0 aliphatic heterocycles. The van der Waals surface area contributed by atoms with E-state index in [0.717, 1.165) is 22.8 Å². The summed E-state index contributed by atoms with van der Waals surface area (Å²) in [5, 5.41) is 0. The lowest BCUT2D eigenvalue weighted by Crippen LogP contribution is -2.19. The Labute approximate surface area is 140 Å². The van der Waals surface area contributed by atoms with Crippen LogP contribution < -0.4 is 16.0 Å². The Morgan fingerprint density at radius 1 is 0.960 bits per heavy atom. The van der Waals surface area contributed by atoms with Gasteiger partial charge in [0.25, 0.3) is 5.56 Å². The van der Waals surface area contributed by atoms with Crippen LogP contribution in [0.2, 0.25) is 0 Å². The third kappa shape index (κ3) is 3.35. The second-order valence-corrected chi connectivity index (χ2v) is 5.43. The van der Waals surface area contributed by atoms with Crippen molar-refractivity contribution < 1.29 is 17.9 Å². The predicted octanol–water partition coefficient (Wildman–Crippen LogP) is 3.84. The Kier molecular flexibility index (Phi) is 4.22. The van der Waals surface area contributed by atoms with Crippen LogP contribution in [0, 0.1) is 17.5 Å². The van der Waals surface area contributed by atoms with Crippen molar-refractivity contribution in [1.29, 1.82) is 0 Å². The number of nitrogen functional groups attached to an aromatic ring is 1. The number of aryl methyl sites for hydroxylation is 1. The van der Waals surface area contributed by atoms with Crippen LogP contribution in [0.3, 0.4) is 0 Å². The largest absolute Gasteiger partial charge is 0.454 e. The minimum absolute atomic E-state index is 0.178. The first kappa shape index (κ1) is 16.6. The smallest absolute Gasteiger partial charge is 0.286 e. The lowest BCUT2D eigenvalue weighted by molar-refractivity contribution is 0.439. The molecule has 0 bridgehead atoms. The van der Waals surface area contributed by atoms with E-state index < -0.39 is 23.0 Å². The van der Waals surface area contributed by atoms with Crippen LogP contribution in [0.1, 0.15) is 0 Å². The molecule has 0 saturated heterocycles. The molecule has 3 aromatic rings. The van der Waals surface area contributed by atoms with Crippen LogP contribution in [0.5, 0.6) is 11.5 Å². The van der Waals surface area contributed by atoms with Gasteiger partial charge in [0.2, 0.25) is 0 Å². The number of pyridine rings is 1. The average Bonchev–Trinajstić information content (AvgIpc) is 2.56. The number of nitrogens with two attached hydrogens (primary N) is 1. The van der Waals surface area contributed by atoms with Gasteiger partial charge in [0.05, 0.1) is 0 Å². The molecule has 0 atom stereocenters. The van der Waals surface area contributed by atoms with E-state index >= 15 is 0 Å². The van der Waals surface area contributed by atoms with E-state index in [2.05, 4.69) is 0 Å². The van der Waals surface area contributed by atoms with Crippen molar-refractivity contribution in [2.24, 2.45) is 7.05 Å². The molecule has 128 valence electrons. The van der Waals surface area contributed by atoms with E-state index in [-0.39, 0.29) is 11.5 Å². The Morgan fingerprint density at radius 3 is 2.36 bits per heavy atom. The van der Waals surface area contributed by atoms with Gasteiger partial charge < -0.3 is 15.0 Å². The van der Waals surface area contributed by atoms with E-state index in [1.807, 2.05) is 0 Å². The molecule has 3 rings (SSSR count). The van der Waals surface area contributed by atoms with Gasteiger partial charge in [0.1, 0.15) is 11.6 Å². The number of anilines is 1. The number of hydrogen-bond acceptors (Lipinski definition) is 3. The van der Waals surface area contributed by atoms with E-state index in [1.54, 1.807) is 0 Å². The van der Waals surface area contributed by atoms with Crippen LogP contribution in [-0.4, -0.2) is 4.57 Å². The van der Waals surface area contributed by atoms with Crippen molar-refractivity contribution in [2.45, 2.75) is 0 Å². The summed E-state index contributed by atoms with van der Waals surface area (Å²) in [6.07, 6.45) is 1.41. The quantitative estimate of drug-likeness (QED) is 0.733. The first-order valence-corrected chi connectivity index (χ1v) is 7.24. The number of rotatable bonds is 3. The zero-order chi connectivity index (χ0) is 18.1. The molecule has 7 heteroatoms. The SMILES string of the molecule is Cn1cc(-c2cc(N)ccc2Oc2ccc(F)cc2F)cc(F)c1=O. The van der Waals surface area contributed by atoms with Gasteiger partial charge in [-0.2, -0.15) is 0 Å². The van der Waals surface area contributed by atoms with Gasteiger partial charge in [-0.05, 0) is 36.4 Å². The fourth-order valence-corrected chi connectivity index (χ4v) is 2.36. The highest BCUT2D eigenvalue weighted by Gasteiger charge is 2.14. The molecule has 1 heterocycles. The monoisotopic (exact) mass is 346 g/mol. The molecule has 4 nitrogen and oxygen atoms in total. The number of ether oxygens (including phenoxy) is 1. The Bertz CT molecular complexity index is 989. The van der Waals surface area contributed by atoms with E-state index in [9.17, 15) is 18.0 Å². The Balaban J connectivity index is 2.12. The lowest BCUT2D eigenvalue weighted by atomic mass is 10.1. The van der Waals surface area contributed by atoms with Crippen molar-refractivity contribution in [3.8, 4) is 22.6 Å². The molecule has 2 aromatic carbocycles. The molecule has 0 fully saturated rings. The standard InChI is InChI=1S/C18H13F3N2O2/c1-23-9-10(6-15(21)18(23)24)13-8-12(22)3-5-16(13)25-17-4-2-11(19)7-14(17)20/h2-9H,22H2,1H3. The van der Waals surface area contributed by atoms with Gasteiger partial charge in [-0.1, -0.05) is 0 Å². The van der Waals surface area contributed by atoms with Gasteiger partial charge in [0, 0.05) is 36.1 Å². The predicted molar refractivity (Wildman–Crippen MR) is 87.9 cm³/mol. The van der Waals surface area contributed by atoms with Gasteiger partial charge in [0.15, 0.2) is 17.4 Å². The van der Waals surface area contributed by atoms with Gasteiger partial charge in [-0.15, -0.1) is 0 Å². The maximum atomic E-state index is 13.8. The summed E-state index contributed by atoms with van der Waals surface area (Å²) in [5.74, 6) is -2.58. The van der Waals surface area contributed by atoms with E-state index in [0.29, 0.717) is 22.9 Å². The molecule has 0 aliphatic carbocycles. The maximum absolute atomic E-state index is 13.8. The van der Waals surface area contributed by atoms with Gasteiger partial charge >= 0.3 is 0 Å². The number of benzene rings is 2. The molecule has 0 unspecified atom stereocenters. The first-order chi connectivity index (χ1) is 11.8. The molecular formula is C18H13F3N2O2. The third-order valence-electron chi connectivity index (χ3n) is 3.57. The minimum Gasteiger partial charge on any atom is -0.454 e. The average molecular weight is 346 g/mol. The topological polar surface area (TPSA) is 57.2 Å². The summed E-state index contributed by atoms with van der Waals surface area (Å²) in [4.78, 5) is 11.5. The summed E-state index contributed by atoms with van der Waals surface area (Å²) >= 11 is 0. The highest BCUT2D eigenvalue weighted by Crippen LogP contribution is 2.35. The second-order valence-electron chi connectivity index (χ2n) is 5.43. The minimum atomic E-state index is -0.943. The van der Waals surface area contributed by atoms with Crippen LogP contribution in [0.4, 0.5) is 18.9 Å². The molecular weight excluding hydrogens is 333 g/mol. The van der Waals surface area contributed by atoms with Gasteiger partial charge in [-0.3, -0.25) is 4.79 Å². The zero-order valence-electron chi connectivity index (χ0n) is 13.1. The van der Waals surface area contributed by atoms with Crippen molar-refractivity contribution in [3.63, 3.8) is 0 Å².